The third kappa shape index (κ3) is 5.79. The molecule has 0 radical (unpaired) electrons. The van der Waals surface area contributed by atoms with Crippen molar-refractivity contribution in [3.63, 3.8) is 0 Å². The van der Waals surface area contributed by atoms with Crippen molar-refractivity contribution in [2.45, 2.75) is 63.6 Å². The average molecular weight is 781 g/mol. The summed E-state index contributed by atoms with van der Waals surface area (Å²) in [7, 11) is 0. The number of amides is 3. The first-order valence-corrected chi connectivity index (χ1v) is 20.2. The minimum Gasteiger partial charge on any atom is -0.381 e. The molecule has 10 rings (SSSR count). The number of urea groups is 1. The molecule has 3 atom stereocenters. The molecule has 3 aromatic heterocycles. The van der Waals surface area contributed by atoms with Crippen LogP contribution in [0.4, 0.5) is 10.7 Å². The third-order valence-electron chi connectivity index (χ3n) is 12.7. The molecule has 14 heteroatoms. The van der Waals surface area contributed by atoms with Crippen LogP contribution in [-0.4, -0.2) is 78.8 Å². The summed E-state index contributed by atoms with van der Waals surface area (Å²) in [5.41, 5.74) is 4.06. The highest BCUT2D eigenvalue weighted by atomic mass is 16.5. The number of para-hydroxylation sites is 1. The Bertz CT molecular complexity index is 2680. The first-order valence-electron chi connectivity index (χ1n) is 20.2. The van der Waals surface area contributed by atoms with E-state index in [1.807, 2.05) is 78.2 Å². The number of hydrogen-bond acceptors (Lipinski definition) is 8. The standard InChI is InChI=1S/C44H44N8O6/c1-27-25-44(27,40-46-42(55)58-47-40)52-35-14-13-31(30-16-21-57-22-17-30)23-32(35)24-36(52)39(54)49-18-15-34-37(28(49)2)45-41(51(38(34)53)33-11-7-4-8-12-33)50-20-19-48(43(50)56)26-29-9-5-3-6-10-29/h3-14,23-24,27-28,30H,15-22,25-26H2,1-2H3,(H,46,47,55). The van der Waals surface area contributed by atoms with Gasteiger partial charge in [0, 0.05) is 55.9 Å². The zero-order valence-electron chi connectivity index (χ0n) is 32.5. The van der Waals surface area contributed by atoms with Gasteiger partial charge in [0.1, 0.15) is 11.2 Å². The summed E-state index contributed by atoms with van der Waals surface area (Å²) < 4.78 is 14.2. The van der Waals surface area contributed by atoms with Gasteiger partial charge in [-0.15, -0.1) is 0 Å². The monoisotopic (exact) mass is 780 g/mol. The summed E-state index contributed by atoms with van der Waals surface area (Å²) >= 11 is 0. The van der Waals surface area contributed by atoms with Crippen molar-refractivity contribution in [2.75, 3.05) is 37.7 Å². The zero-order chi connectivity index (χ0) is 39.7. The molecule has 1 saturated carbocycles. The summed E-state index contributed by atoms with van der Waals surface area (Å²) in [5, 5.41) is 5.07. The fraction of sp³-hybridized carbons (Fsp3) is 0.364. The molecule has 6 heterocycles. The van der Waals surface area contributed by atoms with Crippen molar-refractivity contribution in [3.8, 4) is 5.69 Å². The number of H-pyrrole nitrogens is 1. The van der Waals surface area contributed by atoms with Crippen molar-refractivity contribution < 1.29 is 18.8 Å². The first-order chi connectivity index (χ1) is 28.2. The molecule has 3 amide bonds. The van der Waals surface area contributed by atoms with Crippen LogP contribution in [0.1, 0.15) is 83.8 Å². The van der Waals surface area contributed by atoms with Crippen LogP contribution in [0.15, 0.2) is 99.0 Å². The fourth-order valence-corrected chi connectivity index (χ4v) is 9.53. The molecular formula is C44H44N8O6. The Kier molecular flexibility index (Phi) is 8.70. The highest BCUT2D eigenvalue weighted by Gasteiger charge is 2.59. The van der Waals surface area contributed by atoms with E-state index < -0.39 is 17.3 Å². The molecule has 6 aromatic rings. The van der Waals surface area contributed by atoms with Gasteiger partial charge in [0.25, 0.3) is 11.5 Å². The van der Waals surface area contributed by atoms with Gasteiger partial charge < -0.3 is 19.1 Å². The molecule has 3 fully saturated rings. The summed E-state index contributed by atoms with van der Waals surface area (Å²) in [5.74, 6) is 0.133. The number of rotatable bonds is 8. The van der Waals surface area contributed by atoms with Gasteiger partial charge in [-0.1, -0.05) is 66.7 Å². The van der Waals surface area contributed by atoms with E-state index in [2.05, 4.69) is 35.3 Å². The van der Waals surface area contributed by atoms with Gasteiger partial charge in [-0.2, -0.15) is 0 Å². The van der Waals surface area contributed by atoms with E-state index in [-0.39, 0.29) is 42.3 Å². The summed E-state index contributed by atoms with van der Waals surface area (Å²) in [6.45, 7) is 6.93. The summed E-state index contributed by atoms with van der Waals surface area (Å²) in [4.78, 5) is 69.3. The number of hydrogen-bond donors (Lipinski definition) is 1. The molecule has 3 unspecified atom stereocenters. The molecule has 0 bridgehead atoms. The Morgan fingerprint density at radius 3 is 2.36 bits per heavy atom. The Balaban J connectivity index is 1.06. The number of anilines is 1. The fourth-order valence-electron chi connectivity index (χ4n) is 9.53. The molecular weight excluding hydrogens is 737 g/mol. The van der Waals surface area contributed by atoms with Gasteiger partial charge >= 0.3 is 11.8 Å². The second-order valence-electron chi connectivity index (χ2n) is 16.1. The predicted octanol–water partition coefficient (Wildman–Crippen LogP) is 5.74. The molecule has 0 spiro atoms. The first kappa shape index (κ1) is 36.1. The van der Waals surface area contributed by atoms with Crippen LogP contribution in [0.3, 0.4) is 0 Å². The lowest BCUT2D eigenvalue weighted by Crippen LogP contribution is -2.45. The Hall–Kier alpha value is -6.28. The molecule has 296 valence electrons. The van der Waals surface area contributed by atoms with Crippen LogP contribution in [0, 0.1) is 5.92 Å². The maximum atomic E-state index is 15.2. The van der Waals surface area contributed by atoms with Crippen LogP contribution in [-0.2, 0) is 23.2 Å². The maximum Gasteiger partial charge on any atom is 0.438 e. The number of benzene rings is 3. The van der Waals surface area contributed by atoms with Crippen LogP contribution < -0.4 is 16.2 Å². The molecule has 2 saturated heterocycles. The van der Waals surface area contributed by atoms with Gasteiger partial charge in [0.05, 0.1) is 17.4 Å². The maximum absolute atomic E-state index is 15.2. The highest BCUT2D eigenvalue weighted by Crippen LogP contribution is 2.56. The second-order valence-corrected chi connectivity index (χ2v) is 16.1. The zero-order valence-corrected chi connectivity index (χ0v) is 32.5. The van der Waals surface area contributed by atoms with Gasteiger partial charge in [-0.25, -0.2) is 19.1 Å². The van der Waals surface area contributed by atoms with Crippen molar-refractivity contribution in [2.24, 2.45) is 5.92 Å². The molecule has 3 aromatic carbocycles. The Morgan fingerprint density at radius 2 is 1.66 bits per heavy atom. The summed E-state index contributed by atoms with van der Waals surface area (Å²) in [6, 6.07) is 26.6. The predicted molar refractivity (Wildman–Crippen MR) is 215 cm³/mol. The Morgan fingerprint density at radius 1 is 0.914 bits per heavy atom. The SMILES string of the molecule is CC1c2nc(N3CCN(Cc4ccccc4)C3=O)n(-c3ccccc3)c(=O)c2CCN1C(=O)c1cc2cc(C3CCOCC3)ccc2n1C1(c2noc(=O)[nH]2)CC1C. The van der Waals surface area contributed by atoms with E-state index in [4.69, 9.17) is 14.2 Å². The number of ether oxygens (including phenoxy) is 1. The lowest BCUT2D eigenvalue weighted by atomic mass is 9.91. The minimum atomic E-state index is -0.799. The molecule has 1 N–H and O–H groups in total. The van der Waals surface area contributed by atoms with Crippen LogP contribution in [0.5, 0.6) is 0 Å². The minimum absolute atomic E-state index is 0.0465. The van der Waals surface area contributed by atoms with Gasteiger partial charge in [0.15, 0.2) is 5.82 Å². The quantitative estimate of drug-likeness (QED) is 0.205. The number of aromatic amines is 1. The largest absolute Gasteiger partial charge is 0.438 e. The molecule has 58 heavy (non-hydrogen) atoms. The van der Waals surface area contributed by atoms with Crippen molar-refractivity contribution in [1.82, 2.24) is 34.1 Å². The number of nitrogens with one attached hydrogen (secondary N) is 1. The molecule has 1 aliphatic carbocycles. The van der Waals surface area contributed by atoms with Crippen LogP contribution in [0.2, 0.25) is 0 Å². The van der Waals surface area contributed by atoms with Crippen molar-refractivity contribution in [3.05, 3.63) is 140 Å². The molecule has 3 aliphatic heterocycles. The van der Waals surface area contributed by atoms with E-state index in [1.54, 1.807) is 14.7 Å². The topological polar surface area (TPSA) is 152 Å². The van der Waals surface area contributed by atoms with E-state index in [0.29, 0.717) is 73.6 Å². The summed E-state index contributed by atoms with van der Waals surface area (Å²) in [6.07, 6.45) is 2.79. The highest BCUT2D eigenvalue weighted by molar-refractivity contribution is 6.00. The van der Waals surface area contributed by atoms with Crippen LogP contribution >= 0.6 is 0 Å². The average Bonchev–Trinajstić information content (AvgIpc) is 3.55. The van der Waals surface area contributed by atoms with E-state index in [9.17, 15) is 14.4 Å². The lowest BCUT2D eigenvalue weighted by Gasteiger charge is -2.36. The van der Waals surface area contributed by atoms with Crippen molar-refractivity contribution in [1.29, 1.82) is 0 Å². The number of aromatic nitrogens is 5. The second kappa shape index (κ2) is 14.0. The Labute approximate surface area is 333 Å². The molecule has 4 aliphatic rings. The van der Waals surface area contributed by atoms with E-state index in [0.717, 1.165) is 29.3 Å². The lowest BCUT2D eigenvalue weighted by molar-refractivity contribution is 0.0658. The number of carbonyl (C=O) groups excluding carboxylic acids is 2. The van der Waals surface area contributed by atoms with Gasteiger partial charge in [-0.05, 0) is 85.9 Å². The van der Waals surface area contributed by atoms with Crippen molar-refractivity contribution >= 4 is 28.8 Å². The van der Waals surface area contributed by atoms with Gasteiger partial charge in [0.2, 0.25) is 5.95 Å². The van der Waals surface area contributed by atoms with E-state index in [1.165, 1.54) is 10.1 Å². The molecule has 14 nitrogen and oxygen atoms in total. The number of carbonyl (C=O) groups is 2. The van der Waals surface area contributed by atoms with E-state index >= 15 is 4.79 Å². The third-order valence-corrected chi connectivity index (χ3v) is 12.7. The number of nitrogens with zero attached hydrogens (tertiary/aromatic N) is 7. The van der Waals surface area contributed by atoms with Gasteiger partial charge in [-0.3, -0.25) is 24.0 Å². The normalized spacial score (nSPS) is 22.2. The number of fused-ring (bicyclic) bond motifs is 2. The smallest absolute Gasteiger partial charge is 0.381 e. The van der Waals surface area contributed by atoms with Crippen LogP contribution in [0.25, 0.3) is 16.6 Å².